The molecule has 4 saturated carbocycles. The fourth-order valence-electron chi connectivity index (χ4n) is 5.29. The Kier molecular flexibility index (Phi) is 2.77. The van der Waals surface area contributed by atoms with Gasteiger partial charge in [0.1, 0.15) is 0 Å². The average molecular weight is 250 g/mol. The third-order valence-corrected chi connectivity index (χ3v) is 5.61. The topological polar surface area (TPSA) is 57.5 Å². The summed E-state index contributed by atoms with van der Waals surface area (Å²) >= 11 is 0. The molecule has 0 atom stereocenters. The van der Waals surface area contributed by atoms with Crippen molar-refractivity contribution in [3.63, 3.8) is 0 Å². The van der Waals surface area contributed by atoms with E-state index < -0.39 is 5.97 Å². The minimum atomic E-state index is -0.866. The van der Waals surface area contributed by atoms with Crippen LogP contribution in [-0.4, -0.2) is 22.8 Å². The van der Waals surface area contributed by atoms with Gasteiger partial charge in [-0.3, -0.25) is 0 Å². The molecule has 0 heterocycles. The second-order valence-corrected chi connectivity index (χ2v) is 6.76. The van der Waals surface area contributed by atoms with Gasteiger partial charge >= 0.3 is 5.97 Å². The molecule has 4 rings (SSSR count). The molecule has 0 radical (unpaired) electrons. The Morgan fingerprint density at radius 3 is 1.89 bits per heavy atom. The fraction of sp³-hybridized carbons (Fsp3) is 0.800. The molecule has 3 heteroatoms. The van der Waals surface area contributed by atoms with Crippen molar-refractivity contribution in [3.8, 4) is 0 Å². The van der Waals surface area contributed by atoms with E-state index in [9.17, 15) is 15.0 Å². The summed E-state index contributed by atoms with van der Waals surface area (Å²) in [5, 5.41) is 18.9. The van der Waals surface area contributed by atoms with Crippen molar-refractivity contribution in [2.24, 2.45) is 23.2 Å². The van der Waals surface area contributed by atoms with Gasteiger partial charge in [-0.25, -0.2) is 4.79 Å². The van der Waals surface area contributed by atoms with Crippen LogP contribution >= 0.6 is 0 Å². The molecule has 0 aromatic rings. The van der Waals surface area contributed by atoms with Crippen molar-refractivity contribution in [2.75, 3.05) is 6.61 Å². The van der Waals surface area contributed by atoms with Gasteiger partial charge in [-0.1, -0.05) is 0 Å². The molecule has 0 spiro atoms. The molecule has 0 aromatic carbocycles. The lowest BCUT2D eigenvalue weighted by molar-refractivity contribution is -0.133. The Hall–Kier alpha value is -0.830. The zero-order valence-electron chi connectivity index (χ0n) is 11.0. The number of aliphatic hydroxyl groups is 1. The van der Waals surface area contributed by atoms with E-state index in [1.54, 1.807) is 6.92 Å². The molecular formula is C15H22O3. The summed E-state index contributed by atoms with van der Waals surface area (Å²) in [6.45, 7) is 1.58. The molecule has 100 valence electrons. The fourth-order valence-corrected chi connectivity index (χ4v) is 5.29. The van der Waals surface area contributed by atoms with E-state index in [1.165, 1.54) is 19.3 Å². The second-order valence-electron chi connectivity index (χ2n) is 6.76. The van der Waals surface area contributed by atoms with Crippen LogP contribution in [0.1, 0.15) is 45.4 Å². The highest BCUT2D eigenvalue weighted by Crippen LogP contribution is 2.62. The summed E-state index contributed by atoms with van der Waals surface area (Å²) < 4.78 is 0. The Morgan fingerprint density at radius 2 is 1.56 bits per heavy atom. The Morgan fingerprint density at radius 1 is 1.11 bits per heavy atom. The third-order valence-electron chi connectivity index (χ3n) is 5.61. The van der Waals surface area contributed by atoms with Crippen LogP contribution in [0.3, 0.4) is 0 Å². The van der Waals surface area contributed by atoms with E-state index in [0.717, 1.165) is 42.6 Å². The van der Waals surface area contributed by atoms with Crippen molar-refractivity contribution >= 4 is 5.97 Å². The van der Waals surface area contributed by atoms with Gasteiger partial charge in [0.25, 0.3) is 0 Å². The lowest BCUT2D eigenvalue weighted by Gasteiger charge is -2.57. The van der Waals surface area contributed by atoms with E-state index in [4.69, 9.17) is 0 Å². The largest absolute Gasteiger partial charge is 0.478 e. The summed E-state index contributed by atoms with van der Waals surface area (Å²) in [6, 6.07) is 0. The van der Waals surface area contributed by atoms with Crippen LogP contribution in [0.5, 0.6) is 0 Å². The maximum absolute atomic E-state index is 11.2. The molecule has 3 nitrogen and oxygen atoms in total. The van der Waals surface area contributed by atoms with Gasteiger partial charge in [0.2, 0.25) is 0 Å². The minimum Gasteiger partial charge on any atom is -0.478 e. The van der Waals surface area contributed by atoms with Gasteiger partial charge in [0.05, 0.1) is 6.61 Å². The zero-order chi connectivity index (χ0) is 12.9. The van der Waals surface area contributed by atoms with Crippen LogP contribution in [0.2, 0.25) is 0 Å². The summed E-state index contributed by atoms with van der Waals surface area (Å²) in [6.07, 6.45) is 7.34. The van der Waals surface area contributed by atoms with Crippen molar-refractivity contribution < 1.29 is 15.0 Å². The third kappa shape index (κ3) is 1.71. The van der Waals surface area contributed by atoms with Gasteiger partial charge in [-0.05, 0) is 74.2 Å². The summed E-state index contributed by atoms with van der Waals surface area (Å²) in [5.74, 6) is 1.47. The highest BCUT2D eigenvalue weighted by Gasteiger charge is 2.52. The van der Waals surface area contributed by atoms with Gasteiger partial charge in [0.15, 0.2) is 0 Å². The van der Waals surface area contributed by atoms with Gasteiger partial charge in [-0.2, -0.15) is 0 Å². The molecule has 0 saturated heterocycles. The first kappa shape index (κ1) is 12.2. The quantitative estimate of drug-likeness (QED) is 0.757. The first-order valence-electron chi connectivity index (χ1n) is 7.08. The molecule has 2 N–H and O–H groups in total. The maximum Gasteiger partial charge on any atom is 0.331 e. The van der Waals surface area contributed by atoms with Crippen molar-refractivity contribution in [3.05, 3.63) is 11.1 Å². The summed E-state index contributed by atoms with van der Waals surface area (Å²) in [7, 11) is 0. The molecule has 4 aliphatic rings. The Labute approximate surface area is 108 Å². The van der Waals surface area contributed by atoms with Crippen LogP contribution in [0.25, 0.3) is 0 Å². The Balaban J connectivity index is 1.99. The molecule has 0 aromatic heterocycles. The molecule has 0 aliphatic heterocycles. The Bertz CT molecular complexity index is 373. The first-order valence-corrected chi connectivity index (χ1v) is 7.08. The summed E-state index contributed by atoms with van der Waals surface area (Å²) in [5.41, 5.74) is 1.24. The minimum absolute atomic E-state index is 0.0198. The number of rotatable bonds is 3. The highest BCUT2D eigenvalue weighted by molar-refractivity contribution is 5.87. The number of hydrogen-bond donors (Lipinski definition) is 2. The van der Waals surface area contributed by atoms with Crippen LogP contribution in [0, 0.1) is 23.2 Å². The maximum atomic E-state index is 11.2. The van der Waals surface area contributed by atoms with Crippen molar-refractivity contribution in [1.29, 1.82) is 0 Å². The van der Waals surface area contributed by atoms with Crippen molar-refractivity contribution in [1.82, 2.24) is 0 Å². The van der Waals surface area contributed by atoms with E-state index in [2.05, 4.69) is 0 Å². The lowest BCUT2D eigenvalue weighted by atomic mass is 9.47. The van der Waals surface area contributed by atoms with Crippen LogP contribution < -0.4 is 0 Å². The number of aliphatic hydroxyl groups excluding tert-OH is 1. The molecule has 0 amide bonds. The van der Waals surface area contributed by atoms with E-state index in [0.29, 0.717) is 5.57 Å². The van der Waals surface area contributed by atoms with Crippen LogP contribution in [0.15, 0.2) is 11.1 Å². The molecule has 4 bridgehead atoms. The SMILES string of the molecule is CC(C(=O)O)=C(CO)C12CC3CC(CC(C3)C1)C2. The van der Waals surface area contributed by atoms with Gasteiger partial charge in [0, 0.05) is 5.57 Å². The number of aliphatic carboxylic acids is 1. The number of hydrogen-bond acceptors (Lipinski definition) is 2. The normalized spacial score (nSPS) is 42.9. The number of carboxylic acids is 1. The van der Waals surface area contributed by atoms with E-state index in [1.807, 2.05) is 0 Å². The van der Waals surface area contributed by atoms with E-state index >= 15 is 0 Å². The highest BCUT2D eigenvalue weighted by atomic mass is 16.4. The molecule has 4 fully saturated rings. The summed E-state index contributed by atoms with van der Waals surface area (Å²) in [4.78, 5) is 11.2. The van der Waals surface area contributed by atoms with Crippen LogP contribution in [0.4, 0.5) is 0 Å². The van der Waals surface area contributed by atoms with Gasteiger partial charge in [-0.15, -0.1) is 0 Å². The molecule has 0 unspecified atom stereocenters. The lowest BCUT2D eigenvalue weighted by Crippen LogP contribution is -2.48. The van der Waals surface area contributed by atoms with Gasteiger partial charge < -0.3 is 10.2 Å². The predicted octanol–water partition coefficient (Wildman–Crippen LogP) is 2.60. The molecule has 18 heavy (non-hydrogen) atoms. The van der Waals surface area contributed by atoms with Crippen LogP contribution in [-0.2, 0) is 4.79 Å². The standard InChI is InChI=1S/C15H22O3/c1-9(14(17)18)13(8-16)15-5-10-2-11(6-15)4-12(3-10)7-15/h10-12,16H,2-8H2,1H3,(H,17,18). The number of carboxylic acid groups (broad SMARTS) is 1. The first-order chi connectivity index (χ1) is 8.54. The predicted molar refractivity (Wildman–Crippen MR) is 68.0 cm³/mol. The monoisotopic (exact) mass is 250 g/mol. The number of carbonyl (C=O) groups is 1. The smallest absolute Gasteiger partial charge is 0.331 e. The molecular weight excluding hydrogens is 228 g/mol. The van der Waals surface area contributed by atoms with E-state index in [-0.39, 0.29) is 12.0 Å². The average Bonchev–Trinajstić information content (AvgIpc) is 2.27. The molecule has 4 aliphatic carbocycles. The zero-order valence-corrected chi connectivity index (χ0v) is 11.0. The van der Waals surface area contributed by atoms with Crippen molar-refractivity contribution in [2.45, 2.75) is 45.4 Å². The second kappa shape index (κ2) is 4.09.